The van der Waals surface area contributed by atoms with E-state index < -0.39 is 4.92 Å². The van der Waals surface area contributed by atoms with E-state index in [0.29, 0.717) is 6.47 Å². The molecule has 7 heteroatoms. The third-order valence-electron chi connectivity index (χ3n) is 1.03. The fourth-order valence-corrected chi connectivity index (χ4v) is 0.702. The van der Waals surface area contributed by atoms with E-state index in [-0.39, 0.29) is 10.8 Å². The van der Waals surface area contributed by atoms with Gasteiger partial charge < -0.3 is 4.74 Å². The Labute approximate surface area is 84.6 Å². The number of pyridine rings is 1. The van der Waals surface area contributed by atoms with Gasteiger partial charge in [0.05, 0.1) is 12.0 Å². The van der Waals surface area contributed by atoms with Crippen molar-refractivity contribution in [2.45, 2.75) is 0 Å². The number of ether oxygens (including phenoxy) is 1. The van der Waals surface area contributed by atoms with E-state index in [2.05, 4.69) is 9.72 Å². The molecule has 0 bridgehead atoms. The molecule has 0 saturated carbocycles. The summed E-state index contributed by atoms with van der Waals surface area (Å²) in [7, 11) is 1.31. The number of hydrogen-bond donors (Lipinski definition) is 0. The Morgan fingerprint density at radius 2 is 2.29 bits per heavy atom. The topological polar surface area (TPSA) is 82.3 Å². The number of nitro groups is 1. The van der Waals surface area contributed by atoms with E-state index in [4.69, 9.17) is 16.4 Å². The van der Waals surface area contributed by atoms with E-state index in [1.54, 1.807) is 0 Å². The number of aromatic nitrogens is 1. The Morgan fingerprint density at radius 3 is 2.57 bits per heavy atom. The van der Waals surface area contributed by atoms with Crippen LogP contribution in [0, 0.1) is 10.1 Å². The first-order valence-corrected chi connectivity index (χ1v) is 3.72. The summed E-state index contributed by atoms with van der Waals surface area (Å²) in [5.74, 6) is 0. The number of carbonyl (C=O) groups is 1. The van der Waals surface area contributed by atoms with Gasteiger partial charge in [0, 0.05) is 12.3 Å². The Hall–Kier alpha value is -1.69. The van der Waals surface area contributed by atoms with Crippen LogP contribution in [0.25, 0.3) is 0 Å². The highest BCUT2D eigenvalue weighted by Crippen LogP contribution is 2.19. The zero-order valence-electron chi connectivity index (χ0n) is 7.21. The maximum Gasteiger partial charge on any atom is 0.306 e. The molecule has 0 atom stereocenters. The predicted molar refractivity (Wildman–Crippen MR) is 49.0 cm³/mol. The van der Waals surface area contributed by atoms with Crippen molar-refractivity contribution >= 4 is 23.8 Å². The summed E-state index contributed by atoms with van der Waals surface area (Å²) in [6.07, 6.45) is 1.40. The summed E-state index contributed by atoms with van der Waals surface area (Å²) < 4.78 is 3.86. The minimum absolute atomic E-state index is 0.0764. The van der Waals surface area contributed by atoms with Crippen molar-refractivity contribution in [1.82, 2.24) is 4.98 Å². The van der Waals surface area contributed by atoms with Gasteiger partial charge >= 0.3 is 5.69 Å². The first kappa shape index (κ1) is 12.3. The minimum atomic E-state index is -0.574. The van der Waals surface area contributed by atoms with Crippen LogP contribution in [-0.2, 0) is 9.53 Å². The second-order valence-electron chi connectivity index (χ2n) is 1.90. The molecule has 0 aromatic carbocycles. The van der Waals surface area contributed by atoms with Crippen LogP contribution in [0.15, 0.2) is 18.3 Å². The van der Waals surface area contributed by atoms with Crippen molar-refractivity contribution in [3.8, 4) is 0 Å². The van der Waals surface area contributed by atoms with Crippen LogP contribution >= 0.6 is 11.6 Å². The Kier molecular flexibility index (Phi) is 5.97. The van der Waals surface area contributed by atoms with Crippen LogP contribution in [0.3, 0.4) is 0 Å². The first-order chi connectivity index (χ1) is 6.63. The summed E-state index contributed by atoms with van der Waals surface area (Å²) in [6.45, 7) is 0.375. The minimum Gasteiger partial charge on any atom is -0.471 e. The third-order valence-corrected chi connectivity index (χ3v) is 1.32. The standard InChI is InChI=1S/C5H3ClN2O2.C2H4O2/c6-5-4(8(9)10)2-1-3-7-5;1-4-2-3/h1-3H;2H,1H3. The smallest absolute Gasteiger partial charge is 0.306 e. The Balaban J connectivity index is 0.000000364. The number of nitrogens with zero attached hydrogens (tertiary/aromatic N) is 2. The molecule has 0 unspecified atom stereocenters. The lowest BCUT2D eigenvalue weighted by atomic mass is 10.4. The maximum absolute atomic E-state index is 10.1. The number of hydrogen-bond acceptors (Lipinski definition) is 5. The van der Waals surface area contributed by atoms with Gasteiger partial charge in [-0.3, -0.25) is 14.9 Å². The average molecular weight is 219 g/mol. The van der Waals surface area contributed by atoms with Gasteiger partial charge in [-0.05, 0) is 6.07 Å². The molecule has 1 aromatic heterocycles. The molecule has 6 nitrogen and oxygen atoms in total. The molecule has 0 amide bonds. The largest absolute Gasteiger partial charge is 0.471 e. The third kappa shape index (κ3) is 4.36. The molecule has 0 spiro atoms. The van der Waals surface area contributed by atoms with Gasteiger partial charge in [-0.1, -0.05) is 11.6 Å². The van der Waals surface area contributed by atoms with Crippen LogP contribution in [-0.4, -0.2) is 23.5 Å². The quantitative estimate of drug-likeness (QED) is 0.325. The fourth-order valence-electron chi connectivity index (χ4n) is 0.514. The molecule has 0 aliphatic rings. The highest BCUT2D eigenvalue weighted by Gasteiger charge is 2.09. The molecule has 0 radical (unpaired) electrons. The SMILES string of the molecule is COC=O.O=[N+]([O-])c1cccnc1Cl. The van der Waals surface area contributed by atoms with Gasteiger partial charge in [0.1, 0.15) is 0 Å². The molecule has 1 aromatic rings. The summed E-state index contributed by atoms with van der Waals surface area (Å²) in [5, 5.41) is 10.0. The lowest BCUT2D eigenvalue weighted by Crippen LogP contribution is -1.89. The zero-order valence-corrected chi connectivity index (χ0v) is 7.97. The molecule has 1 rings (SSSR count). The molecule has 0 fully saturated rings. The highest BCUT2D eigenvalue weighted by molar-refractivity contribution is 6.31. The number of carbonyl (C=O) groups excluding carboxylic acids is 1. The number of rotatable bonds is 2. The van der Waals surface area contributed by atoms with Crippen LogP contribution in [0.4, 0.5) is 5.69 Å². The molecule has 0 saturated heterocycles. The van der Waals surface area contributed by atoms with E-state index in [9.17, 15) is 10.1 Å². The lowest BCUT2D eigenvalue weighted by molar-refractivity contribution is -0.385. The average Bonchev–Trinajstić information content (AvgIpc) is 2.18. The normalized spacial score (nSPS) is 8.14. The van der Waals surface area contributed by atoms with E-state index in [1.165, 1.54) is 25.4 Å². The second-order valence-corrected chi connectivity index (χ2v) is 2.26. The lowest BCUT2D eigenvalue weighted by Gasteiger charge is -1.89. The molecule has 0 aliphatic heterocycles. The van der Waals surface area contributed by atoms with E-state index in [1.807, 2.05) is 0 Å². The summed E-state index contributed by atoms with van der Waals surface area (Å²) in [6, 6.07) is 2.76. The van der Waals surface area contributed by atoms with Crippen molar-refractivity contribution < 1.29 is 14.5 Å². The van der Waals surface area contributed by atoms with Gasteiger partial charge in [0.25, 0.3) is 6.47 Å². The van der Waals surface area contributed by atoms with Crippen LogP contribution in [0.2, 0.25) is 5.15 Å². The van der Waals surface area contributed by atoms with Gasteiger partial charge in [-0.25, -0.2) is 4.98 Å². The number of halogens is 1. The molecule has 14 heavy (non-hydrogen) atoms. The van der Waals surface area contributed by atoms with Crippen molar-refractivity contribution in [1.29, 1.82) is 0 Å². The van der Waals surface area contributed by atoms with Gasteiger partial charge in [0.15, 0.2) is 0 Å². The van der Waals surface area contributed by atoms with Crippen molar-refractivity contribution in [3.05, 3.63) is 33.6 Å². The molecular weight excluding hydrogens is 212 g/mol. The van der Waals surface area contributed by atoms with Gasteiger partial charge in [0.2, 0.25) is 5.15 Å². The molecule has 76 valence electrons. The summed E-state index contributed by atoms with van der Waals surface area (Å²) in [5.41, 5.74) is -0.163. The second kappa shape index (κ2) is 6.79. The number of methoxy groups -OCH3 is 1. The van der Waals surface area contributed by atoms with Gasteiger partial charge in [-0.2, -0.15) is 0 Å². The predicted octanol–water partition coefficient (Wildman–Crippen LogP) is 1.43. The van der Waals surface area contributed by atoms with Crippen molar-refractivity contribution in [2.75, 3.05) is 7.11 Å². The molecule has 1 heterocycles. The first-order valence-electron chi connectivity index (χ1n) is 3.34. The van der Waals surface area contributed by atoms with Crippen molar-refractivity contribution in [3.63, 3.8) is 0 Å². The fraction of sp³-hybridized carbons (Fsp3) is 0.143. The van der Waals surface area contributed by atoms with Crippen LogP contribution in [0.5, 0.6) is 0 Å². The molecule has 0 N–H and O–H groups in total. The van der Waals surface area contributed by atoms with Gasteiger partial charge in [-0.15, -0.1) is 0 Å². The Morgan fingerprint density at radius 1 is 1.71 bits per heavy atom. The summed E-state index contributed by atoms with van der Waals surface area (Å²) in [4.78, 5) is 22.0. The van der Waals surface area contributed by atoms with Crippen LogP contribution in [0.1, 0.15) is 0 Å². The monoisotopic (exact) mass is 218 g/mol. The highest BCUT2D eigenvalue weighted by atomic mass is 35.5. The zero-order chi connectivity index (χ0) is 11.0. The van der Waals surface area contributed by atoms with E-state index >= 15 is 0 Å². The van der Waals surface area contributed by atoms with E-state index in [0.717, 1.165) is 0 Å². The van der Waals surface area contributed by atoms with Crippen LogP contribution < -0.4 is 0 Å². The maximum atomic E-state index is 10.1. The molecule has 0 aliphatic carbocycles. The Bertz CT molecular complexity index is 318. The summed E-state index contributed by atoms with van der Waals surface area (Å²) >= 11 is 5.37. The molecular formula is C7H7ClN2O4. The van der Waals surface area contributed by atoms with Crippen molar-refractivity contribution in [2.24, 2.45) is 0 Å².